The molecule has 6 heteroatoms. The molecule has 0 radical (unpaired) electrons. The Bertz CT molecular complexity index is 510. The van der Waals surface area contributed by atoms with Crippen LogP contribution < -0.4 is 10.6 Å². The van der Waals surface area contributed by atoms with Gasteiger partial charge in [-0.2, -0.15) is 5.26 Å². The highest BCUT2D eigenvalue weighted by molar-refractivity contribution is 5.59. The average molecular weight is 260 g/mol. The third kappa shape index (κ3) is 2.23. The van der Waals surface area contributed by atoms with E-state index in [-0.39, 0.29) is 0 Å². The molecule has 2 aliphatic heterocycles. The molecule has 19 heavy (non-hydrogen) atoms. The van der Waals surface area contributed by atoms with Gasteiger partial charge in [0.05, 0.1) is 30.7 Å². The fraction of sp³-hybridized carbons (Fsp3) is 0.538. The smallest absolute Gasteiger partial charge is 0.171 e. The van der Waals surface area contributed by atoms with Gasteiger partial charge in [0.2, 0.25) is 0 Å². The van der Waals surface area contributed by atoms with E-state index in [0.717, 1.165) is 25.9 Å². The summed E-state index contributed by atoms with van der Waals surface area (Å²) in [5.41, 5.74) is 6.68. The largest absolute Gasteiger partial charge is 0.397 e. The molecule has 0 atom stereocenters. The van der Waals surface area contributed by atoms with Gasteiger partial charge >= 0.3 is 0 Å². The molecular weight excluding hydrogens is 244 g/mol. The fourth-order valence-corrected chi connectivity index (χ4v) is 2.65. The van der Waals surface area contributed by atoms with Crippen LogP contribution in [-0.4, -0.2) is 37.1 Å². The molecule has 0 unspecified atom stereocenters. The lowest BCUT2D eigenvalue weighted by atomic mass is 10.0. The topological polar surface area (TPSA) is 84.4 Å². The summed E-state index contributed by atoms with van der Waals surface area (Å²) in [6.07, 6.45) is 3.18. The lowest BCUT2D eigenvalue weighted by Crippen LogP contribution is -2.45. The van der Waals surface area contributed by atoms with Gasteiger partial charge in [-0.3, -0.25) is 0 Å². The van der Waals surface area contributed by atoms with Crippen molar-refractivity contribution in [1.82, 2.24) is 4.98 Å². The van der Waals surface area contributed by atoms with Crippen molar-refractivity contribution >= 4 is 11.5 Å². The van der Waals surface area contributed by atoms with Crippen molar-refractivity contribution in [2.45, 2.75) is 18.6 Å². The number of rotatable bonds is 1. The minimum absolute atomic E-state index is 0.406. The highest BCUT2D eigenvalue weighted by Gasteiger charge is 2.40. The lowest BCUT2D eigenvalue weighted by Gasteiger charge is -2.38. The first-order valence-electron chi connectivity index (χ1n) is 6.41. The van der Waals surface area contributed by atoms with Crippen LogP contribution in [0.3, 0.4) is 0 Å². The van der Waals surface area contributed by atoms with Crippen molar-refractivity contribution in [2.24, 2.45) is 0 Å². The maximum Gasteiger partial charge on any atom is 0.171 e. The highest BCUT2D eigenvalue weighted by Crippen LogP contribution is 2.33. The van der Waals surface area contributed by atoms with Gasteiger partial charge in [-0.15, -0.1) is 0 Å². The van der Waals surface area contributed by atoms with Crippen molar-refractivity contribution in [3.8, 4) is 6.07 Å². The predicted octanol–water partition coefficient (Wildman–Crippen LogP) is 0.879. The Kier molecular flexibility index (Phi) is 3.01. The van der Waals surface area contributed by atoms with E-state index < -0.39 is 5.79 Å². The quantitative estimate of drug-likeness (QED) is 0.806. The molecule has 0 bridgehead atoms. The van der Waals surface area contributed by atoms with Crippen molar-refractivity contribution in [1.29, 1.82) is 5.26 Å². The van der Waals surface area contributed by atoms with E-state index in [0.29, 0.717) is 30.3 Å². The van der Waals surface area contributed by atoms with Crippen molar-refractivity contribution in [2.75, 3.05) is 36.9 Å². The van der Waals surface area contributed by atoms with Gasteiger partial charge in [0.1, 0.15) is 11.9 Å². The molecular formula is C13H16N4O2. The summed E-state index contributed by atoms with van der Waals surface area (Å²) in [6.45, 7) is 2.88. The average Bonchev–Trinajstić information content (AvgIpc) is 2.88. The van der Waals surface area contributed by atoms with Crippen LogP contribution >= 0.6 is 0 Å². The molecule has 1 aromatic rings. The molecule has 0 saturated carbocycles. The Morgan fingerprint density at radius 2 is 2.00 bits per heavy atom. The zero-order valence-electron chi connectivity index (χ0n) is 10.6. The second-order valence-electron chi connectivity index (χ2n) is 4.85. The molecule has 1 aromatic heterocycles. The van der Waals surface area contributed by atoms with Gasteiger partial charge in [0.15, 0.2) is 5.79 Å². The maximum atomic E-state index is 9.16. The number of hydrogen-bond acceptors (Lipinski definition) is 6. The molecule has 3 heterocycles. The molecule has 100 valence electrons. The van der Waals surface area contributed by atoms with E-state index in [2.05, 4.69) is 16.0 Å². The summed E-state index contributed by atoms with van der Waals surface area (Å²) in [6, 6.07) is 3.81. The van der Waals surface area contributed by atoms with Gasteiger partial charge in [0, 0.05) is 25.9 Å². The SMILES string of the molecule is N#Cc1cc(N)cnc1N1CCC2(CC1)OCCO2. The fourth-order valence-electron chi connectivity index (χ4n) is 2.65. The van der Waals surface area contributed by atoms with Gasteiger partial charge in [-0.25, -0.2) is 4.98 Å². The van der Waals surface area contributed by atoms with Crippen LogP contribution in [0.1, 0.15) is 18.4 Å². The first-order valence-corrected chi connectivity index (χ1v) is 6.41. The van der Waals surface area contributed by atoms with Crippen LogP contribution in [0.2, 0.25) is 0 Å². The van der Waals surface area contributed by atoms with E-state index in [1.165, 1.54) is 0 Å². The van der Waals surface area contributed by atoms with Crippen LogP contribution in [0.5, 0.6) is 0 Å². The standard InChI is InChI=1S/C13H16N4O2/c14-8-10-7-11(15)9-16-12(10)17-3-1-13(2-4-17)18-5-6-19-13/h7,9H,1-6,15H2. The first-order chi connectivity index (χ1) is 9.22. The van der Waals surface area contributed by atoms with Gasteiger partial charge in [-0.1, -0.05) is 0 Å². The van der Waals surface area contributed by atoms with Crippen LogP contribution in [0.4, 0.5) is 11.5 Å². The van der Waals surface area contributed by atoms with Crippen LogP contribution in [0.25, 0.3) is 0 Å². The molecule has 3 rings (SSSR count). The zero-order chi connectivity index (χ0) is 13.3. The van der Waals surface area contributed by atoms with E-state index in [1.54, 1.807) is 12.3 Å². The number of nitrogen functional groups attached to an aromatic ring is 1. The van der Waals surface area contributed by atoms with E-state index in [4.69, 9.17) is 20.5 Å². The second-order valence-corrected chi connectivity index (χ2v) is 4.85. The number of piperidine rings is 1. The lowest BCUT2D eigenvalue weighted by molar-refractivity contribution is -0.169. The number of nitriles is 1. The highest BCUT2D eigenvalue weighted by atomic mass is 16.7. The number of ether oxygens (including phenoxy) is 2. The summed E-state index contributed by atoms with van der Waals surface area (Å²) >= 11 is 0. The molecule has 0 amide bonds. The zero-order valence-corrected chi connectivity index (χ0v) is 10.6. The summed E-state index contributed by atoms with van der Waals surface area (Å²) in [5.74, 6) is 0.293. The minimum Gasteiger partial charge on any atom is -0.397 e. The second kappa shape index (κ2) is 4.68. The Balaban J connectivity index is 1.77. The van der Waals surface area contributed by atoms with Crippen LogP contribution in [-0.2, 0) is 9.47 Å². The maximum absolute atomic E-state index is 9.16. The molecule has 1 spiro atoms. The summed E-state index contributed by atoms with van der Waals surface area (Å²) in [7, 11) is 0. The number of pyridine rings is 1. The van der Waals surface area contributed by atoms with Crippen LogP contribution in [0.15, 0.2) is 12.3 Å². The first kappa shape index (κ1) is 12.2. The number of hydrogen-bond donors (Lipinski definition) is 1. The van der Waals surface area contributed by atoms with Crippen molar-refractivity contribution in [3.05, 3.63) is 17.8 Å². The molecule has 0 aromatic carbocycles. The van der Waals surface area contributed by atoms with Gasteiger partial charge < -0.3 is 20.1 Å². The third-order valence-corrected chi connectivity index (χ3v) is 3.65. The van der Waals surface area contributed by atoms with E-state index in [9.17, 15) is 0 Å². The predicted molar refractivity (Wildman–Crippen MR) is 69.4 cm³/mol. The Labute approximate surface area is 111 Å². The molecule has 0 aliphatic carbocycles. The van der Waals surface area contributed by atoms with E-state index in [1.807, 2.05) is 0 Å². The monoisotopic (exact) mass is 260 g/mol. The number of anilines is 2. The van der Waals surface area contributed by atoms with Gasteiger partial charge in [-0.05, 0) is 6.07 Å². The molecule has 6 nitrogen and oxygen atoms in total. The summed E-state index contributed by atoms with van der Waals surface area (Å²) < 4.78 is 11.4. The minimum atomic E-state index is -0.406. The van der Waals surface area contributed by atoms with E-state index >= 15 is 0 Å². The Hall–Kier alpha value is -1.84. The summed E-state index contributed by atoms with van der Waals surface area (Å²) in [5, 5.41) is 9.16. The van der Waals surface area contributed by atoms with Crippen LogP contribution in [0, 0.1) is 11.3 Å². The molecule has 2 saturated heterocycles. The number of nitrogens with zero attached hydrogens (tertiary/aromatic N) is 3. The molecule has 2 fully saturated rings. The van der Waals surface area contributed by atoms with Gasteiger partial charge in [0.25, 0.3) is 0 Å². The third-order valence-electron chi connectivity index (χ3n) is 3.65. The Morgan fingerprint density at radius 1 is 1.32 bits per heavy atom. The number of nitrogens with two attached hydrogens (primary N) is 1. The normalized spacial score (nSPS) is 21.5. The van der Waals surface area contributed by atoms with Crippen molar-refractivity contribution < 1.29 is 9.47 Å². The summed E-state index contributed by atoms with van der Waals surface area (Å²) in [4.78, 5) is 6.38. The Morgan fingerprint density at radius 3 is 2.63 bits per heavy atom. The molecule has 2 aliphatic rings. The van der Waals surface area contributed by atoms with Crippen molar-refractivity contribution in [3.63, 3.8) is 0 Å². The number of aromatic nitrogens is 1. The molecule has 2 N–H and O–H groups in total.